The molecule has 1 amide bonds. The van der Waals surface area contributed by atoms with E-state index in [1.807, 2.05) is 36.4 Å². The number of rotatable bonds is 5. The van der Waals surface area contributed by atoms with E-state index in [0.29, 0.717) is 5.75 Å². The third-order valence-electron chi connectivity index (χ3n) is 2.61. The Labute approximate surface area is 115 Å². The summed E-state index contributed by atoms with van der Waals surface area (Å²) in [5, 5.41) is 0.834. The number of hydrogen-bond acceptors (Lipinski definition) is 5. The van der Waals surface area contributed by atoms with Gasteiger partial charge in [0.05, 0.1) is 10.9 Å². The van der Waals surface area contributed by atoms with Crippen LogP contribution >= 0.6 is 11.8 Å². The highest BCUT2D eigenvalue weighted by atomic mass is 32.2. The van der Waals surface area contributed by atoms with E-state index >= 15 is 0 Å². The summed E-state index contributed by atoms with van der Waals surface area (Å²) in [7, 11) is 0. The van der Waals surface area contributed by atoms with Crippen LogP contribution in [-0.2, 0) is 4.79 Å². The summed E-state index contributed by atoms with van der Waals surface area (Å²) in [4.78, 5) is 19.8. The molecule has 0 aliphatic heterocycles. The van der Waals surface area contributed by atoms with E-state index in [4.69, 9.17) is 5.84 Å². The lowest BCUT2D eigenvalue weighted by Crippen LogP contribution is -2.35. The SMILES string of the molecule is NNC(=O)C(CSc1ccncn1)c1ccccc1. The maximum atomic E-state index is 11.9. The Hall–Kier alpha value is -1.92. The fourth-order valence-corrected chi connectivity index (χ4v) is 2.60. The Bertz CT molecular complexity index is 521. The maximum Gasteiger partial charge on any atom is 0.242 e. The number of carbonyl (C=O) groups excluding carboxylic acids is 1. The minimum Gasteiger partial charge on any atom is -0.294 e. The molecule has 3 N–H and O–H groups in total. The van der Waals surface area contributed by atoms with Crippen molar-refractivity contribution >= 4 is 17.7 Å². The molecular weight excluding hydrogens is 260 g/mol. The van der Waals surface area contributed by atoms with E-state index in [0.717, 1.165) is 10.6 Å². The van der Waals surface area contributed by atoms with E-state index < -0.39 is 0 Å². The van der Waals surface area contributed by atoms with Crippen molar-refractivity contribution in [3.8, 4) is 0 Å². The number of aromatic nitrogens is 2. The maximum absolute atomic E-state index is 11.9. The summed E-state index contributed by atoms with van der Waals surface area (Å²) in [5.74, 6) is 5.32. The second-order valence-electron chi connectivity index (χ2n) is 3.83. The van der Waals surface area contributed by atoms with Gasteiger partial charge in [0.25, 0.3) is 0 Å². The van der Waals surface area contributed by atoms with Crippen molar-refractivity contribution in [2.45, 2.75) is 10.9 Å². The van der Waals surface area contributed by atoms with Crippen LogP contribution in [0.25, 0.3) is 0 Å². The molecule has 98 valence electrons. The first-order chi connectivity index (χ1) is 9.31. The van der Waals surface area contributed by atoms with Crippen molar-refractivity contribution in [1.29, 1.82) is 0 Å². The largest absolute Gasteiger partial charge is 0.294 e. The number of benzene rings is 1. The molecular formula is C13H14N4OS. The fraction of sp³-hybridized carbons (Fsp3) is 0.154. The zero-order valence-electron chi connectivity index (χ0n) is 10.2. The van der Waals surface area contributed by atoms with Crippen molar-refractivity contribution in [2.75, 3.05) is 5.75 Å². The number of hydrogen-bond donors (Lipinski definition) is 2. The van der Waals surface area contributed by atoms with Crippen molar-refractivity contribution in [3.63, 3.8) is 0 Å². The molecule has 6 heteroatoms. The van der Waals surface area contributed by atoms with Gasteiger partial charge in [-0.05, 0) is 11.6 Å². The first-order valence-electron chi connectivity index (χ1n) is 5.75. The summed E-state index contributed by atoms with van der Waals surface area (Å²) in [6.45, 7) is 0. The predicted molar refractivity (Wildman–Crippen MR) is 74.3 cm³/mol. The van der Waals surface area contributed by atoms with Gasteiger partial charge in [-0.1, -0.05) is 30.3 Å². The van der Waals surface area contributed by atoms with Crippen molar-refractivity contribution in [3.05, 3.63) is 54.5 Å². The average Bonchev–Trinajstić information content (AvgIpc) is 2.49. The molecule has 0 aliphatic rings. The molecule has 0 spiro atoms. The van der Waals surface area contributed by atoms with Crippen LogP contribution in [0.15, 0.2) is 53.9 Å². The van der Waals surface area contributed by atoms with Crippen LogP contribution in [0.3, 0.4) is 0 Å². The molecule has 19 heavy (non-hydrogen) atoms. The molecule has 0 bridgehead atoms. The Balaban J connectivity index is 2.09. The number of nitrogens with one attached hydrogen (secondary N) is 1. The van der Waals surface area contributed by atoms with E-state index in [2.05, 4.69) is 15.4 Å². The third kappa shape index (κ3) is 3.77. The van der Waals surface area contributed by atoms with Gasteiger partial charge in [-0.25, -0.2) is 15.8 Å². The standard InChI is InChI=1S/C13H14N4OS/c14-17-13(18)11(10-4-2-1-3-5-10)8-19-12-6-7-15-9-16-12/h1-7,9,11H,8,14H2,(H,17,18). The Morgan fingerprint density at radius 3 is 2.74 bits per heavy atom. The normalized spacial score (nSPS) is 11.8. The van der Waals surface area contributed by atoms with Crippen LogP contribution in [0.2, 0.25) is 0 Å². The van der Waals surface area contributed by atoms with Crippen molar-refractivity contribution in [1.82, 2.24) is 15.4 Å². The molecule has 2 aromatic rings. The number of hydrazine groups is 1. The van der Waals surface area contributed by atoms with Gasteiger partial charge in [-0.2, -0.15) is 0 Å². The highest BCUT2D eigenvalue weighted by molar-refractivity contribution is 7.99. The number of carbonyl (C=O) groups is 1. The van der Waals surface area contributed by atoms with E-state index in [1.54, 1.807) is 6.20 Å². The number of amides is 1. The molecule has 1 heterocycles. The van der Waals surface area contributed by atoms with Crippen LogP contribution in [0.1, 0.15) is 11.5 Å². The Morgan fingerprint density at radius 1 is 1.32 bits per heavy atom. The van der Waals surface area contributed by atoms with Gasteiger partial charge in [0.1, 0.15) is 6.33 Å². The van der Waals surface area contributed by atoms with Gasteiger partial charge >= 0.3 is 0 Å². The summed E-state index contributed by atoms with van der Waals surface area (Å²) in [6.07, 6.45) is 3.17. The zero-order chi connectivity index (χ0) is 13.5. The monoisotopic (exact) mass is 274 g/mol. The van der Waals surface area contributed by atoms with E-state index in [1.165, 1.54) is 18.1 Å². The summed E-state index contributed by atoms with van der Waals surface area (Å²) in [5.41, 5.74) is 3.15. The van der Waals surface area contributed by atoms with Crippen LogP contribution in [0.4, 0.5) is 0 Å². The number of nitrogens with two attached hydrogens (primary N) is 1. The highest BCUT2D eigenvalue weighted by Crippen LogP contribution is 2.24. The molecule has 1 aromatic carbocycles. The lowest BCUT2D eigenvalue weighted by atomic mass is 10.0. The molecule has 5 nitrogen and oxygen atoms in total. The van der Waals surface area contributed by atoms with Crippen LogP contribution in [0, 0.1) is 0 Å². The smallest absolute Gasteiger partial charge is 0.242 e. The number of nitrogens with zero attached hydrogens (tertiary/aromatic N) is 2. The second kappa shape index (κ2) is 6.86. The zero-order valence-corrected chi connectivity index (χ0v) is 11.0. The molecule has 0 radical (unpaired) electrons. The Kier molecular flexibility index (Phi) is 4.88. The van der Waals surface area contributed by atoms with Gasteiger partial charge in [0.2, 0.25) is 5.91 Å². The van der Waals surface area contributed by atoms with Gasteiger partial charge in [-0.3, -0.25) is 10.2 Å². The molecule has 0 fully saturated rings. The topological polar surface area (TPSA) is 80.9 Å². The van der Waals surface area contributed by atoms with Gasteiger partial charge < -0.3 is 0 Å². The van der Waals surface area contributed by atoms with E-state index in [-0.39, 0.29) is 11.8 Å². The predicted octanol–water partition coefficient (Wildman–Crippen LogP) is 1.34. The van der Waals surface area contributed by atoms with Crippen LogP contribution in [-0.4, -0.2) is 21.6 Å². The van der Waals surface area contributed by atoms with Crippen LogP contribution in [0.5, 0.6) is 0 Å². The molecule has 1 atom stereocenters. The molecule has 0 saturated carbocycles. The van der Waals surface area contributed by atoms with Gasteiger partial charge in [-0.15, -0.1) is 11.8 Å². The van der Waals surface area contributed by atoms with Crippen molar-refractivity contribution < 1.29 is 4.79 Å². The molecule has 0 saturated heterocycles. The molecule has 1 unspecified atom stereocenters. The highest BCUT2D eigenvalue weighted by Gasteiger charge is 2.20. The Morgan fingerprint density at radius 2 is 2.11 bits per heavy atom. The first-order valence-corrected chi connectivity index (χ1v) is 6.74. The molecule has 1 aromatic heterocycles. The summed E-state index contributed by atoms with van der Waals surface area (Å²) in [6, 6.07) is 11.4. The van der Waals surface area contributed by atoms with Gasteiger partial charge in [0, 0.05) is 11.9 Å². The van der Waals surface area contributed by atoms with Crippen molar-refractivity contribution in [2.24, 2.45) is 5.84 Å². The summed E-state index contributed by atoms with van der Waals surface area (Å²) >= 11 is 1.50. The molecule has 0 aliphatic carbocycles. The lowest BCUT2D eigenvalue weighted by Gasteiger charge is -2.14. The fourth-order valence-electron chi connectivity index (χ4n) is 1.64. The minimum absolute atomic E-state index is 0.201. The first kappa shape index (κ1) is 13.5. The van der Waals surface area contributed by atoms with Gasteiger partial charge in [0.15, 0.2) is 0 Å². The minimum atomic E-state index is -0.300. The average molecular weight is 274 g/mol. The lowest BCUT2D eigenvalue weighted by molar-refractivity contribution is -0.122. The summed E-state index contributed by atoms with van der Waals surface area (Å²) < 4.78 is 0. The molecule has 2 rings (SSSR count). The quantitative estimate of drug-likeness (QED) is 0.283. The van der Waals surface area contributed by atoms with Crippen LogP contribution < -0.4 is 11.3 Å². The van der Waals surface area contributed by atoms with E-state index in [9.17, 15) is 4.79 Å². The second-order valence-corrected chi connectivity index (χ2v) is 4.87. The number of thioether (sulfide) groups is 1. The third-order valence-corrected chi connectivity index (χ3v) is 3.65.